The average molecular weight is 296 g/mol. The van der Waals surface area contributed by atoms with E-state index in [4.69, 9.17) is 27.8 Å². The highest BCUT2D eigenvalue weighted by molar-refractivity contribution is 7.80. The van der Waals surface area contributed by atoms with Crippen molar-refractivity contribution in [1.82, 2.24) is 4.90 Å². The molecule has 5 heteroatoms. The summed E-state index contributed by atoms with van der Waals surface area (Å²) in [5, 5.41) is 9.17. The van der Waals surface area contributed by atoms with Gasteiger partial charge in [-0.15, -0.1) is 0 Å². The predicted molar refractivity (Wildman–Crippen MR) is 86.1 cm³/mol. The van der Waals surface area contributed by atoms with Gasteiger partial charge in [-0.3, -0.25) is 4.90 Å². The second kappa shape index (κ2) is 8.89. The molecule has 112 valence electrons. The van der Waals surface area contributed by atoms with Crippen molar-refractivity contribution in [1.29, 1.82) is 0 Å². The van der Waals surface area contributed by atoms with Crippen molar-refractivity contribution in [3.63, 3.8) is 0 Å². The first-order valence-electron chi connectivity index (χ1n) is 7.01. The number of nitrogens with zero attached hydrogens (tertiary/aromatic N) is 1. The average Bonchev–Trinajstić information content (AvgIpc) is 2.44. The molecule has 0 heterocycles. The minimum absolute atomic E-state index is 0.0823. The lowest BCUT2D eigenvalue weighted by Gasteiger charge is -2.29. The van der Waals surface area contributed by atoms with E-state index in [1.54, 1.807) is 0 Å². The molecule has 0 radical (unpaired) electrons. The van der Waals surface area contributed by atoms with Crippen LogP contribution in [0.2, 0.25) is 0 Å². The number of likely N-dealkylation sites (N-methyl/N-ethyl adjacent to an activating group) is 1. The van der Waals surface area contributed by atoms with Crippen molar-refractivity contribution in [3.05, 3.63) is 29.8 Å². The van der Waals surface area contributed by atoms with Gasteiger partial charge in [-0.25, -0.2) is 0 Å². The number of aliphatic hydroxyl groups excluding tert-OH is 1. The number of thiocarbonyl (C=S) groups is 1. The van der Waals surface area contributed by atoms with Crippen LogP contribution in [-0.4, -0.2) is 41.3 Å². The van der Waals surface area contributed by atoms with Crippen LogP contribution in [0.4, 0.5) is 0 Å². The van der Waals surface area contributed by atoms with E-state index in [0.29, 0.717) is 18.1 Å². The van der Waals surface area contributed by atoms with Gasteiger partial charge >= 0.3 is 0 Å². The number of hydrogen-bond donors (Lipinski definition) is 2. The van der Waals surface area contributed by atoms with Gasteiger partial charge in [0.15, 0.2) is 0 Å². The Kier molecular flexibility index (Phi) is 7.51. The zero-order chi connectivity index (χ0) is 15.0. The van der Waals surface area contributed by atoms with Crippen LogP contribution in [0.1, 0.15) is 31.9 Å². The van der Waals surface area contributed by atoms with Crippen LogP contribution in [-0.2, 0) is 0 Å². The molecular weight excluding hydrogens is 272 g/mol. The molecule has 4 nitrogen and oxygen atoms in total. The maximum Gasteiger partial charge on any atom is 0.119 e. The normalized spacial score (nSPS) is 12.4. The molecule has 0 bridgehead atoms. The maximum absolute atomic E-state index is 9.17. The third-order valence-electron chi connectivity index (χ3n) is 3.07. The fourth-order valence-electron chi connectivity index (χ4n) is 2.15. The van der Waals surface area contributed by atoms with Crippen molar-refractivity contribution in [2.75, 3.05) is 26.3 Å². The highest BCUT2D eigenvalue weighted by Gasteiger charge is 2.21. The summed E-state index contributed by atoms with van der Waals surface area (Å²) in [6.45, 7) is 6.18. The first kappa shape index (κ1) is 16.9. The Morgan fingerprint density at radius 3 is 2.75 bits per heavy atom. The van der Waals surface area contributed by atoms with E-state index >= 15 is 0 Å². The molecule has 0 aromatic heterocycles. The molecule has 0 amide bonds. The van der Waals surface area contributed by atoms with Gasteiger partial charge in [0.2, 0.25) is 0 Å². The summed E-state index contributed by atoms with van der Waals surface area (Å²) in [4.78, 5) is 2.47. The molecule has 0 aliphatic carbocycles. The van der Waals surface area contributed by atoms with Gasteiger partial charge < -0.3 is 15.6 Å². The van der Waals surface area contributed by atoms with Crippen LogP contribution in [0.25, 0.3) is 0 Å². The SMILES string of the molecule is CCCOc1cccc(C(C(N)=S)N(CC)CCO)c1. The van der Waals surface area contributed by atoms with E-state index in [-0.39, 0.29) is 12.6 Å². The lowest BCUT2D eigenvalue weighted by atomic mass is 10.0. The Morgan fingerprint density at radius 2 is 2.20 bits per heavy atom. The lowest BCUT2D eigenvalue weighted by Crippen LogP contribution is -2.38. The van der Waals surface area contributed by atoms with E-state index in [0.717, 1.165) is 24.3 Å². The number of hydrogen-bond acceptors (Lipinski definition) is 4. The standard InChI is InChI=1S/C15H24N2O2S/c1-3-10-19-13-7-5-6-12(11-13)14(15(16)20)17(4-2)8-9-18/h5-7,11,14,18H,3-4,8-10H2,1-2H3,(H2,16,20). The first-order valence-corrected chi connectivity index (χ1v) is 7.41. The minimum atomic E-state index is -0.174. The quantitative estimate of drug-likeness (QED) is 0.684. The molecule has 1 unspecified atom stereocenters. The van der Waals surface area contributed by atoms with Gasteiger partial charge in [0, 0.05) is 6.54 Å². The molecule has 0 saturated heterocycles. The molecular formula is C15H24N2O2S. The molecule has 20 heavy (non-hydrogen) atoms. The Morgan fingerprint density at radius 1 is 1.45 bits per heavy atom. The van der Waals surface area contributed by atoms with E-state index in [1.807, 2.05) is 31.2 Å². The third-order valence-corrected chi connectivity index (χ3v) is 3.30. The van der Waals surface area contributed by atoms with Gasteiger partial charge in [0.1, 0.15) is 5.75 Å². The van der Waals surface area contributed by atoms with Crippen molar-refractivity contribution in [2.24, 2.45) is 5.73 Å². The maximum atomic E-state index is 9.17. The van der Waals surface area contributed by atoms with E-state index < -0.39 is 0 Å². The summed E-state index contributed by atoms with van der Waals surface area (Å²) in [5.74, 6) is 0.825. The third kappa shape index (κ3) is 4.74. The van der Waals surface area contributed by atoms with Gasteiger partial charge in [-0.05, 0) is 30.7 Å². The van der Waals surface area contributed by atoms with Crippen molar-refractivity contribution < 1.29 is 9.84 Å². The van der Waals surface area contributed by atoms with E-state index in [1.165, 1.54) is 0 Å². The summed E-state index contributed by atoms with van der Waals surface area (Å²) in [5.41, 5.74) is 6.89. The second-order valence-electron chi connectivity index (χ2n) is 4.58. The summed E-state index contributed by atoms with van der Waals surface area (Å²) in [6, 6.07) is 7.66. The summed E-state index contributed by atoms with van der Waals surface area (Å²) in [7, 11) is 0. The highest BCUT2D eigenvalue weighted by atomic mass is 32.1. The van der Waals surface area contributed by atoms with Gasteiger partial charge in [0.05, 0.1) is 24.2 Å². The summed E-state index contributed by atoms with van der Waals surface area (Å²) < 4.78 is 5.65. The fourth-order valence-corrected chi connectivity index (χ4v) is 2.43. The van der Waals surface area contributed by atoms with Gasteiger partial charge in [-0.1, -0.05) is 38.2 Å². The molecule has 0 aliphatic heterocycles. The molecule has 0 aliphatic rings. The Balaban J connectivity index is 2.98. The van der Waals surface area contributed by atoms with Crippen LogP contribution in [0.5, 0.6) is 5.75 Å². The minimum Gasteiger partial charge on any atom is -0.494 e. The highest BCUT2D eigenvalue weighted by Crippen LogP contribution is 2.24. The van der Waals surface area contributed by atoms with Crippen molar-refractivity contribution in [2.45, 2.75) is 26.3 Å². The smallest absolute Gasteiger partial charge is 0.119 e. The molecule has 0 fully saturated rings. The number of nitrogens with two attached hydrogens (primary N) is 1. The van der Waals surface area contributed by atoms with Crippen molar-refractivity contribution in [3.8, 4) is 5.75 Å². The van der Waals surface area contributed by atoms with Crippen LogP contribution >= 0.6 is 12.2 Å². The van der Waals surface area contributed by atoms with Gasteiger partial charge in [0.25, 0.3) is 0 Å². The summed E-state index contributed by atoms with van der Waals surface area (Å²) in [6.07, 6.45) is 0.967. The molecule has 1 aromatic rings. The zero-order valence-electron chi connectivity index (χ0n) is 12.2. The number of benzene rings is 1. The largest absolute Gasteiger partial charge is 0.494 e. The van der Waals surface area contributed by atoms with Crippen LogP contribution in [0.3, 0.4) is 0 Å². The Hall–Kier alpha value is -1.17. The molecule has 1 aromatic carbocycles. The zero-order valence-corrected chi connectivity index (χ0v) is 13.0. The summed E-state index contributed by atoms with van der Waals surface area (Å²) >= 11 is 5.20. The van der Waals surface area contributed by atoms with E-state index in [2.05, 4.69) is 11.8 Å². The first-order chi connectivity index (χ1) is 9.63. The Bertz CT molecular complexity index is 426. The van der Waals surface area contributed by atoms with E-state index in [9.17, 15) is 0 Å². The lowest BCUT2D eigenvalue weighted by molar-refractivity contribution is 0.185. The fraction of sp³-hybridized carbons (Fsp3) is 0.533. The number of aliphatic hydroxyl groups is 1. The predicted octanol–water partition coefficient (Wildman–Crippen LogP) is 2.12. The van der Waals surface area contributed by atoms with Crippen LogP contribution < -0.4 is 10.5 Å². The van der Waals surface area contributed by atoms with Crippen molar-refractivity contribution >= 4 is 17.2 Å². The molecule has 3 N–H and O–H groups in total. The Labute approximate surface area is 126 Å². The topological polar surface area (TPSA) is 58.7 Å². The molecule has 0 spiro atoms. The molecule has 0 saturated carbocycles. The van der Waals surface area contributed by atoms with Gasteiger partial charge in [-0.2, -0.15) is 0 Å². The number of rotatable bonds is 9. The monoisotopic (exact) mass is 296 g/mol. The molecule has 1 atom stereocenters. The second-order valence-corrected chi connectivity index (χ2v) is 5.05. The van der Waals surface area contributed by atoms with Crippen LogP contribution in [0.15, 0.2) is 24.3 Å². The van der Waals surface area contributed by atoms with Crippen LogP contribution in [0, 0.1) is 0 Å². The number of ether oxygens (including phenoxy) is 1. The molecule has 1 rings (SSSR count).